The number of hydrogen-bond acceptors (Lipinski definition) is 7. The van der Waals surface area contributed by atoms with E-state index in [1.54, 1.807) is 42.1 Å². The molecular formula is C38H35BrN6O4. The summed E-state index contributed by atoms with van der Waals surface area (Å²) in [5.41, 5.74) is 6.97. The van der Waals surface area contributed by atoms with Gasteiger partial charge in [0.2, 0.25) is 5.95 Å². The molecule has 0 fully saturated rings. The largest absolute Gasteiger partial charge is 0.497 e. The minimum absolute atomic E-state index is 0.247. The molecule has 4 aromatic carbocycles. The number of carbonyl (C=O) groups excluding carboxylic acids is 2. The van der Waals surface area contributed by atoms with Crippen molar-refractivity contribution in [3.05, 3.63) is 125 Å². The Morgan fingerprint density at radius 1 is 0.816 bits per heavy atom. The highest BCUT2D eigenvalue weighted by Gasteiger charge is 2.16. The Balaban J connectivity index is 1.12. The Morgan fingerprint density at radius 3 is 2.06 bits per heavy atom. The van der Waals surface area contributed by atoms with Crippen LogP contribution >= 0.6 is 15.9 Å². The molecule has 2 amide bonds. The van der Waals surface area contributed by atoms with Crippen LogP contribution in [0.2, 0.25) is 0 Å². The van der Waals surface area contributed by atoms with Crippen molar-refractivity contribution in [2.45, 2.75) is 32.9 Å². The highest BCUT2D eigenvalue weighted by molar-refractivity contribution is 9.10. The minimum Gasteiger partial charge on any atom is -0.497 e. The van der Waals surface area contributed by atoms with Crippen molar-refractivity contribution in [3.63, 3.8) is 0 Å². The summed E-state index contributed by atoms with van der Waals surface area (Å²) in [6.45, 7) is 5.72. The number of amides is 2. The topological polar surface area (TPSA) is 119 Å². The summed E-state index contributed by atoms with van der Waals surface area (Å²) in [5.74, 6) is 1.11. The first kappa shape index (κ1) is 33.2. The molecule has 6 rings (SSSR count). The van der Waals surface area contributed by atoms with Crippen molar-refractivity contribution in [2.24, 2.45) is 0 Å². The zero-order valence-corrected chi connectivity index (χ0v) is 29.0. The SMILES string of the molecule is COc1ccc(-c2ccc(-c3cc4c(Br)cnn4c(Nc4ccc(NC(=O)c5ccc(CNC(=O)OC(C)(C)C)cc5)cc4)n3)cc2)cc1. The second-order valence-corrected chi connectivity index (χ2v) is 13.1. The van der Waals surface area contributed by atoms with Crippen LogP contribution in [0.4, 0.5) is 22.1 Å². The number of hydrogen-bond donors (Lipinski definition) is 3. The van der Waals surface area contributed by atoms with E-state index in [-0.39, 0.29) is 5.91 Å². The second kappa shape index (κ2) is 14.2. The molecule has 0 aliphatic heterocycles. The monoisotopic (exact) mass is 718 g/mol. The maximum Gasteiger partial charge on any atom is 0.407 e. The maximum absolute atomic E-state index is 12.9. The van der Waals surface area contributed by atoms with Gasteiger partial charge in [0.1, 0.15) is 11.4 Å². The Morgan fingerprint density at radius 2 is 1.43 bits per heavy atom. The van der Waals surface area contributed by atoms with Crippen LogP contribution in [0, 0.1) is 0 Å². The second-order valence-electron chi connectivity index (χ2n) is 12.3. The Labute approximate surface area is 292 Å². The number of fused-ring (bicyclic) bond motifs is 1. The number of nitrogens with one attached hydrogen (secondary N) is 3. The summed E-state index contributed by atoms with van der Waals surface area (Å²) < 4.78 is 13.1. The van der Waals surface area contributed by atoms with Crippen LogP contribution in [0.1, 0.15) is 36.7 Å². The number of anilines is 3. The molecule has 11 heteroatoms. The summed E-state index contributed by atoms with van der Waals surface area (Å²) in [7, 11) is 1.66. The molecular weight excluding hydrogens is 684 g/mol. The van der Waals surface area contributed by atoms with Crippen molar-refractivity contribution in [1.82, 2.24) is 19.9 Å². The summed E-state index contributed by atoms with van der Waals surface area (Å²) in [6, 6.07) is 32.6. The molecule has 6 aromatic rings. The van der Waals surface area contributed by atoms with Crippen LogP contribution in [-0.2, 0) is 11.3 Å². The van der Waals surface area contributed by atoms with Crippen LogP contribution in [0.15, 0.2) is 114 Å². The van der Waals surface area contributed by atoms with E-state index < -0.39 is 11.7 Å². The van der Waals surface area contributed by atoms with Gasteiger partial charge in [0.25, 0.3) is 5.91 Å². The van der Waals surface area contributed by atoms with Crippen LogP contribution in [0.3, 0.4) is 0 Å². The van der Waals surface area contributed by atoms with Crippen molar-refractivity contribution in [2.75, 3.05) is 17.7 Å². The lowest BCUT2D eigenvalue weighted by molar-refractivity contribution is 0.0523. The van der Waals surface area contributed by atoms with Gasteiger partial charge in [-0.15, -0.1) is 0 Å². The molecule has 2 heterocycles. The summed E-state index contributed by atoms with van der Waals surface area (Å²) in [6.07, 6.45) is 1.25. The number of rotatable bonds is 9. The van der Waals surface area contributed by atoms with Gasteiger partial charge < -0.3 is 25.4 Å². The van der Waals surface area contributed by atoms with Gasteiger partial charge in [-0.1, -0.05) is 48.5 Å². The van der Waals surface area contributed by atoms with E-state index in [1.165, 1.54) is 0 Å². The average Bonchev–Trinajstić information content (AvgIpc) is 3.48. The van der Waals surface area contributed by atoms with Gasteiger partial charge in [-0.05, 0) is 108 Å². The zero-order chi connectivity index (χ0) is 34.5. The van der Waals surface area contributed by atoms with Crippen LogP contribution in [0.5, 0.6) is 5.75 Å². The molecule has 2 aromatic heterocycles. The summed E-state index contributed by atoms with van der Waals surface area (Å²) >= 11 is 3.61. The first-order valence-corrected chi connectivity index (χ1v) is 16.4. The number of alkyl carbamates (subject to hydrolysis) is 1. The van der Waals surface area contributed by atoms with Gasteiger partial charge in [0, 0.05) is 29.0 Å². The number of carbonyl (C=O) groups is 2. The fourth-order valence-electron chi connectivity index (χ4n) is 5.04. The molecule has 3 N–H and O–H groups in total. The third-order valence-corrected chi connectivity index (χ3v) is 8.13. The van der Waals surface area contributed by atoms with Crippen LogP contribution in [0.25, 0.3) is 27.9 Å². The molecule has 248 valence electrons. The normalized spacial score (nSPS) is 11.2. The number of ether oxygens (including phenoxy) is 2. The Hall–Kier alpha value is -5.68. The number of methoxy groups -OCH3 is 1. The number of nitrogens with zero attached hydrogens (tertiary/aromatic N) is 3. The van der Waals surface area contributed by atoms with Crippen LogP contribution in [-0.4, -0.2) is 39.3 Å². The predicted octanol–water partition coefficient (Wildman–Crippen LogP) is 8.86. The highest BCUT2D eigenvalue weighted by Crippen LogP contribution is 2.30. The molecule has 0 aliphatic carbocycles. The van der Waals surface area contributed by atoms with Gasteiger partial charge >= 0.3 is 6.09 Å². The van der Waals surface area contributed by atoms with Gasteiger partial charge in [-0.3, -0.25) is 4.79 Å². The molecule has 0 aliphatic rings. The summed E-state index contributed by atoms with van der Waals surface area (Å²) in [5, 5.41) is 13.5. The third kappa shape index (κ3) is 8.25. The van der Waals surface area contributed by atoms with Gasteiger partial charge in [-0.25, -0.2) is 9.78 Å². The van der Waals surface area contributed by atoms with Crippen molar-refractivity contribution >= 4 is 50.8 Å². The van der Waals surface area contributed by atoms with Gasteiger partial charge in [0.15, 0.2) is 0 Å². The van der Waals surface area contributed by atoms with E-state index in [2.05, 4.69) is 61.2 Å². The fraction of sp³-hybridized carbons (Fsp3) is 0.158. The fourth-order valence-corrected chi connectivity index (χ4v) is 5.41. The summed E-state index contributed by atoms with van der Waals surface area (Å²) in [4.78, 5) is 29.8. The first-order chi connectivity index (χ1) is 23.5. The van der Waals surface area contributed by atoms with E-state index in [0.717, 1.165) is 49.4 Å². The molecule has 49 heavy (non-hydrogen) atoms. The smallest absolute Gasteiger partial charge is 0.407 e. The van der Waals surface area contributed by atoms with Gasteiger partial charge in [-0.2, -0.15) is 9.61 Å². The van der Waals surface area contributed by atoms with Crippen molar-refractivity contribution in [1.29, 1.82) is 0 Å². The lowest BCUT2D eigenvalue weighted by Gasteiger charge is -2.19. The lowest BCUT2D eigenvalue weighted by atomic mass is 10.0. The zero-order valence-electron chi connectivity index (χ0n) is 27.5. The molecule has 0 atom stereocenters. The van der Waals surface area contributed by atoms with E-state index in [1.807, 2.05) is 75.4 Å². The molecule has 0 unspecified atom stereocenters. The molecule has 0 saturated heterocycles. The van der Waals surface area contributed by atoms with Crippen molar-refractivity contribution in [3.8, 4) is 28.1 Å². The highest BCUT2D eigenvalue weighted by atomic mass is 79.9. The first-order valence-electron chi connectivity index (χ1n) is 15.6. The molecule has 0 saturated carbocycles. The van der Waals surface area contributed by atoms with E-state index >= 15 is 0 Å². The van der Waals surface area contributed by atoms with Crippen molar-refractivity contribution < 1.29 is 19.1 Å². The number of benzene rings is 4. The molecule has 0 radical (unpaired) electrons. The molecule has 10 nitrogen and oxygen atoms in total. The van der Waals surface area contributed by atoms with Crippen LogP contribution < -0.4 is 20.7 Å². The van der Waals surface area contributed by atoms with E-state index in [9.17, 15) is 9.59 Å². The Kier molecular flexibility index (Phi) is 9.63. The van der Waals surface area contributed by atoms with Gasteiger partial charge in [0.05, 0.1) is 29.0 Å². The molecule has 0 spiro atoms. The van der Waals surface area contributed by atoms with E-state index in [4.69, 9.17) is 14.5 Å². The quantitative estimate of drug-likeness (QED) is 0.137. The number of halogens is 1. The number of aromatic nitrogens is 3. The standard InChI is InChI=1S/C38H35BrN6O4/c1-38(2,3)49-37(47)40-22-24-5-7-28(8-6-24)35(46)42-29-15-17-30(18-16-29)43-36-44-33(21-34-32(39)23-41-45(34)36)27-11-9-25(10-12-27)26-13-19-31(48-4)20-14-26/h5-21,23H,22H2,1-4H3,(H,40,47)(H,42,46)(H,43,44). The predicted molar refractivity (Wildman–Crippen MR) is 195 cm³/mol. The Bertz CT molecular complexity index is 2090. The maximum atomic E-state index is 12.9. The molecule has 0 bridgehead atoms. The third-order valence-electron chi connectivity index (χ3n) is 7.51. The minimum atomic E-state index is -0.570. The van der Waals surface area contributed by atoms with E-state index in [0.29, 0.717) is 23.7 Å². The lowest BCUT2D eigenvalue weighted by Crippen LogP contribution is -2.32. The average molecular weight is 720 g/mol.